The summed E-state index contributed by atoms with van der Waals surface area (Å²) in [7, 11) is 0. The van der Waals surface area contributed by atoms with Gasteiger partial charge in [-0.05, 0) is 57.1 Å². The highest BCUT2D eigenvalue weighted by molar-refractivity contribution is 5.98. The van der Waals surface area contributed by atoms with Gasteiger partial charge in [-0.3, -0.25) is 4.79 Å². The Morgan fingerprint density at radius 3 is 2.54 bits per heavy atom. The summed E-state index contributed by atoms with van der Waals surface area (Å²) in [5, 5.41) is 0.515. The molecule has 2 aliphatic rings. The van der Waals surface area contributed by atoms with Gasteiger partial charge in [0, 0.05) is 30.7 Å². The fraction of sp³-hybridized carbons (Fsp3) is 0.545. The molecule has 0 amide bonds. The molecule has 2 heterocycles. The van der Waals surface area contributed by atoms with Gasteiger partial charge in [0.15, 0.2) is 0 Å². The van der Waals surface area contributed by atoms with E-state index in [0.29, 0.717) is 17.1 Å². The molecule has 1 saturated carbocycles. The number of fused-ring (bicyclic) bond motifs is 1. The second-order valence-electron chi connectivity index (χ2n) is 8.24. The normalized spacial score (nSPS) is 17.9. The lowest BCUT2D eigenvalue weighted by molar-refractivity contribution is 0.0524. The first-order valence-corrected chi connectivity index (χ1v) is 10.3. The first kappa shape index (κ1) is 18.8. The standard InChI is InChI=1S/C22H29N3O3/c1-4-28-22(27)17-12-25(15-5-6-15)19-14(3)20(18(23)11-16(19)21(17)26)24-9-7-13(2)8-10-24/h11-13,15H,4-10,23H2,1-3H3. The summed E-state index contributed by atoms with van der Waals surface area (Å²) in [6, 6.07) is 2.09. The summed E-state index contributed by atoms with van der Waals surface area (Å²) in [5.41, 5.74) is 9.83. The quantitative estimate of drug-likeness (QED) is 0.644. The molecule has 1 aliphatic heterocycles. The number of hydrogen-bond donors (Lipinski definition) is 1. The maximum absolute atomic E-state index is 13.1. The monoisotopic (exact) mass is 383 g/mol. The van der Waals surface area contributed by atoms with Crippen molar-refractivity contribution in [3.05, 3.63) is 33.6 Å². The van der Waals surface area contributed by atoms with Crippen molar-refractivity contribution in [1.82, 2.24) is 4.57 Å². The molecule has 1 aromatic heterocycles. The summed E-state index contributed by atoms with van der Waals surface area (Å²) >= 11 is 0. The van der Waals surface area contributed by atoms with E-state index in [9.17, 15) is 9.59 Å². The van der Waals surface area contributed by atoms with Crippen molar-refractivity contribution in [2.24, 2.45) is 5.92 Å². The average molecular weight is 383 g/mol. The molecule has 150 valence electrons. The summed E-state index contributed by atoms with van der Waals surface area (Å²) in [4.78, 5) is 27.8. The Bertz CT molecular complexity index is 983. The molecular formula is C22H29N3O3. The smallest absolute Gasteiger partial charge is 0.343 e. The number of nitrogen functional groups attached to an aromatic ring is 1. The zero-order chi connectivity index (χ0) is 20.0. The lowest BCUT2D eigenvalue weighted by Crippen LogP contribution is -2.34. The number of pyridine rings is 1. The van der Waals surface area contributed by atoms with Crippen molar-refractivity contribution in [1.29, 1.82) is 0 Å². The van der Waals surface area contributed by atoms with E-state index in [4.69, 9.17) is 10.5 Å². The molecule has 6 heteroatoms. The Labute approximate surface area is 165 Å². The number of rotatable bonds is 4. The van der Waals surface area contributed by atoms with Gasteiger partial charge in [-0.15, -0.1) is 0 Å². The molecular weight excluding hydrogens is 354 g/mol. The number of piperidine rings is 1. The van der Waals surface area contributed by atoms with Crippen molar-refractivity contribution < 1.29 is 9.53 Å². The number of carbonyl (C=O) groups excluding carboxylic acids is 1. The van der Waals surface area contributed by atoms with Crippen molar-refractivity contribution in [2.45, 2.75) is 52.5 Å². The minimum Gasteiger partial charge on any atom is -0.462 e. The van der Waals surface area contributed by atoms with E-state index in [1.54, 1.807) is 19.2 Å². The number of anilines is 2. The van der Waals surface area contributed by atoms with Crippen LogP contribution in [-0.2, 0) is 4.74 Å². The Hall–Kier alpha value is -2.50. The Kier molecular flexibility index (Phi) is 4.81. The first-order valence-electron chi connectivity index (χ1n) is 10.3. The molecule has 6 nitrogen and oxygen atoms in total. The van der Waals surface area contributed by atoms with Gasteiger partial charge in [0.2, 0.25) is 5.43 Å². The second kappa shape index (κ2) is 7.15. The Balaban J connectivity index is 1.92. The number of aryl methyl sites for hydroxylation is 1. The first-order chi connectivity index (χ1) is 13.4. The summed E-state index contributed by atoms with van der Waals surface area (Å²) in [6.45, 7) is 8.28. The number of hydrogen-bond acceptors (Lipinski definition) is 5. The number of aromatic nitrogens is 1. The molecule has 1 saturated heterocycles. The predicted molar refractivity (Wildman–Crippen MR) is 112 cm³/mol. The van der Waals surface area contributed by atoms with Gasteiger partial charge >= 0.3 is 5.97 Å². The largest absolute Gasteiger partial charge is 0.462 e. The average Bonchev–Trinajstić information content (AvgIpc) is 3.49. The molecule has 4 rings (SSSR count). The fourth-order valence-electron chi connectivity index (χ4n) is 4.38. The molecule has 0 unspecified atom stereocenters. The number of carbonyl (C=O) groups is 1. The highest BCUT2D eigenvalue weighted by Gasteiger charge is 2.30. The van der Waals surface area contributed by atoms with Crippen LogP contribution in [0.1, 0.15) is 61.5 Å². The van der Waals surface area contributed by atoms with E-state index < -0.39 is 5.97 Å². The third-order valence-electron chi connectivity index (χ3n) is 6.09. The van der Waals surface area contributed by atoms with Gasteiger partial charge in [-0.2, -0.15) is 0 Å². The maximum Gasteiger partial charge on any atom is 0.343 e. The number of esters is 1. The maximum atomic E-state index is 13.1. The molecule has 1 aromatic carbocycles. The molecule has 0 spiro atoms. The number of nitrogens with zero attached hydrogens (tertiary/aromatic N) is 2. The minimum absolute atomic E-state index is 0.0968. The van der Waals surface area contributed by atoms with Crippen LogP contribution in [0, 0.1) is 12.8 Å². The topological polar surface area (TPSA) is 77.6 Å². The summed E-state index contributed by atoms with van der Waals surface area (Å²) in [6.07, 6.45) is 6.11. The van der Waals surface area contributed by atoms with E-state index in [1.165, 1.54) is 0 Å². The van der Waals surface area contributed by atoms with Crippen LogP contribution in [0.3, 0.4) is 0 Å². The molecule has 0 bridgehead atoms. The van der Waals surface area contributed by atoms with Gasteiger partial charge in [-0.25, -0.2) is 4.79 Å². The zero-order valence-corrected chi connectivity index (χ0v) is 17.0. The number of ether oxygens (including phenoxy) is 1. The van der Waals surface area contributed by atoms with Gasteiger partial charge in [0.25, 0.3) is 0 Å². The highest BCUT2D eigenvalue weighted by Crippen LogP contribution is 2.41. The predicted octanol–water partition coefficient (Wildman–Crippen LogP) is 3.64. The molecule has 28 heavy (non-hydrogen) atoms. The lowest BCUT2D eigenvalue weighted by Gasteiger charge is -2.34. The Morgan fingerprint density at radius 1 is 1.25 bits per heavy atom. The summed E-state index contributed by atoms with van der Waals surface area (Å²) in [5.74, 6) is 0.170. The van der Waals surface area contributed by atoms with Crippen LogP contribution < -0.4 is 16.1 Å². The molecule has 2 fully saturated rings. The van der Waals surface area contributed by atoms with Crippen molar-refractivity contribution >= 4 is 28.2 Å². The van der Waals surface area contributed by atoms with Crippen LogP contribution in [0.15, 0.2) is 17.1 Å². The van der Waals surface area contributed by atoms with Gasteiger partial charge in [0.1, 0.15) is 5.56 Å². The van der Waals surface area contributed by atoms with E-state index >= 15 is 0 Å². The third-order valence-corrected chi connectivity index (χ3v) is 6.09. The van der Waals surface area contributed by atoms with E-state index in [0.717, 1.165) is 61.5 Å². The fourth-order valence-corrected chi connectivity index (χ4v) is 4.38. The second-order valence-corrected chi connectivity index (χ2v) is 8.24. The molecule has 1 aliphatic carbocycles. The van der Waals surface area contributed by atoms with Crippen molar-refractivity contribution in [3.8, 4) is 0 Å². The molecule has 0 atom stereocenters. The number of benzene rings is 1. The van der Waals surface area contributed by atoms with Gasteiger partial charge in [-0.1, -0.05) is 6.92 Å². The highest BCUT2D eigenvalue weighted by atomic mass is 16.5. The van der Waals surface area contributed by atoms with Crippen molar-refractivity contribution in [2.75, 3.05) is 30.3 Å². The van der Waals surface area contributed by atoms with E-state index in [1.807, 2.05) is 0 Å². The van der Waals surface area contributed by atoms with E-state index in [2.05, 4.69) is 23.3 Å². The Morgan fingerprint density at radius 2 is 1.93 bits per heavy atom. The van der Waals surface area contributed by atoms with Gasteiger partial charge in [0.05, 0.1) is 23.5 Å². The minimum atomic E-state index is -0.561. The molecule has 2 aromatic rings. The van der Waals surface area contributed by atoms with Crippen LogP contribution in [-0.4, -0.2) is 30.2 Å². The van der Waals surface area contributed by atoms with Gasteiger partial charge < -0.3 is 19.9 Å². The van der Waals surface area contributed by atoms with Crippen LogP contribution in [0.5, 0.6) is 0 Å². The van der Waals surface area contributed by atoms with Crippen LogP contribution in [0.2, 0.25) is 0 Å². The van der Waals surface area contributed by atoms with Crippen LogP contribution in [0.4, 0.5) is 11.4 Å². The SMILES string of the molecule is CCOC(=O)c1cn(C2CC2)c2c(C)c(N3CCC(C)CC3)c(N)cc2c1=O. The van der Waals surface area contributed by atoms with E-state index in [-0.39, 0.29) is 17.6 Å². The number of nitrogens with two attached hydrogens (primary N) is 1. The van der Waals surface area contributed by atoms with Crippen LogP contribution in [0.25, 0.3) is 10.9 Å². The van der Waals surface area contributed by atoms with Crippen molar-refractivity contribution in [3.63, 3.8) is 0 Å². The summed E-state index contributed by atoms with van der Waals surface area (Å²) < 4.78 is 7.22. The van der Waals surface area contributed by atoms with Crippen LogP contribution >= 0.6 is 0 Å². The molecule has 0 radical (unpaired) electrons. The molecule has 2 N–H and O–H groups in total. The lowest BCUT2D eigenvalue weighted by atomic mass is 9.96. The zero-order valence-electron chi connectivity index (χ0n) is 17.0. The third kappa shape index (κ3) is 3.15.